The van der Waals surface area contributed by atoms with Gasteiger partial charge in [0.1, 0.15) is 18.2 Å². The first-order valence-electron chi connectivity index (χ1n) is 11.9. The van der Waals surface area contributed by atoms with E-state index in [1.54, 1.807) is 4.90 Å². The van der Waals surface area contributed by atoms with E-state index in [2.05, 4.69) is 39.8 Å². The largest absolute Gasteiger partial charge is 0.416 e. The van der Waals surface area contributed by atoms with Gasteiger partial charge in [0.05, 0.1) is 23.2 Å². The molecule has 2 fully saturated rings. The third-order valence-corrected chi connectivity index (χ3v) is 6.69. The van der Waals surface area contributed by atoms with Crippen molar-refractivity contribution in [2.75, 3.05) is 11.9 Å². The number of likely N-dealkylation sites (tertiary alicyclic amines) is 1. The maximum absolute atomic E-state index is 13.4. The predicted octanol–water partition coefficient (Wildman–Crippen LogP) is 3.09. The summed E-state index contributed by atoms with van der Waals surface area (Å²) in [7, 11) is 0. The molecule has 4 atom stereocenters. The third-order valence-electron chi connectivity index (χ3n) is 6.69. The van der Waals surface area contributed by atoms with Crippen LogP contribution >= 0.6 is 0 Å². The quantitative estimate of drug-likeness (QED) is 0.573. The first kappa shape index (κ1) is 25.2. The molecular weight excluding hydrogens is 461 g/mol. The summed E-state index contributed by atoms with van der Waals surface area (Å²) in [5.74, 6) is -0.0802. The van der Waals surface area contributed by atoms with E-state index in [-0.39, 0.29) is 41.1 Å². The SMILES string of the molecule is CC(=O)NC1CC(NC(C)C)CCC1N1CCC(Nc2ncnc3ccc(C(F)(F)F)cc23)C1=O. The zero-order valence-electron chi connectivity index (χ0n) is 20.0. The van der Waals surface area contributed by atoms with Crippen molar-refractivity contribution >= 4 is 28.5 Å². The second-order valence-electron chi connectivity index (χ2n) is 9.67. The molecule has 1 saturated heterocycles. The number of carbonyl (C=O) groups is 2. The lowest BCUT2D eigenvalue weighted by Gasteiger charge is -2.42. The van der Waals surface area contributed by atoms with Gasteiger partial charge in [-0.05, 0) is 43.9 Å². The summed E-state index contributed by atoms with van der Waals surface area (Å²) in [5, 5.41) is 9.82. The number of amides is 2. The molecule has 3 N–H and O–H groups in total. The minimum absolute atomic E-state index is 0.137. The van der Waals surface area contributed by atoms with Crippen LogP contribution in [0, 0.1) is 0 Å². The van der Waals surface area contributed by atoms with Gasteiger partial charge in [-0.25, -0.2) is 9.97 Å². The lowest BCUT2D eigenvalue weighted by atomic mass is 9.85. The number of benzene rings is 1. The Morgan fingerprint density at radius 2 is 1.94 bits per heavy atom. The summed E-state index contributed by atoms with van der Waals surface area (Å²) in [6.45, 7) is 6.13. The van der Waals surface area contributed by atoms with E-state index in [1.807, 2.05) is 0 Å². The Hall–Kier alpha value is -2.95. The van der Waals surface area contributed by atoms with Gasteiger partial charge in [0.2, 0.25) is 11.8 Å². The normalized spacial score (nSPS) is 25.3. The van der Waals surface area contributed by atoms with E-state index >= 15 is 0 Å². The molecule has 8 nitrogen and oxygen atoms in total. The standard InChI is InChI=1S/C24H31F3N6O2/c1-13(2)30-16-5-7-21(20(11-16)31-14(3)34)33-9-8-19(23(33)35)32-22-17-10-15(24(25,26)27)4-6-18(17)28-12-29-22/h4,6,10,12-13,16,19-21,30H,5,7-9,11H2,1-3H3,(H,31,34)(H,28,29,32). The first-order chi connectivity index (χ1) is 16.5. The van der Waals surface area contributed by atoms with E-state index in [0.717, 1.165) is 31.4 Å². The van der Waals surface area contributed by atoms with E-state index in [9.17, 15) is 22.8 Å². The smallest absolute Gasteiger partial charge is 0.358 e. The maximum atomic E-state index is 13.4. The van der Waals surface area contributed by atoms with Crippen LogP contribution in [0.1, 0.15) is 52.0 Å². The maximum Gasteiger partial charge on any atom is 0.416 e. The molecule has 35 heavy (non-hydrogen) atoms. The Morgan fingerprint density at radius 3 is 2.63 bits per heavy atom. The third kappa shape index (κ3) is 5.66. The number of hydrogen-bond acceptors (Lipinski definition) is 6. The lowest BCUT2D eigenvalue weighted by Crippen LogP contribution is -2.58. The predicted molar refractivity (Wildman–Crippen MR) is 126 cm³/mol. The highest BCUT2D eigenvalue weighted by Crippen LogP contribution is 2.34. The second-order valence-corrected chi connectivity index (χ2v) is 9.67. The fourth-order valence-electron chi connectivity index (χ4n) is 5.24. The highest BCUT2D eigenvalue weighted by molar-refractivity contribution is 5.93. The summed E-state index contributed by atoms with van der Waals surface area (Å²) < 4.78 is 39.7. The Bertz CT molecular complexity index is 1090. The van der Waals surface area contributed by atoms with E-state index < -0.39 is 17.8 Å². The molecule has 4 unspecified atom stereocenters. The molecule has 1 aromatic carbocycles. The Balaban J connectivity index is 1.51. The molecule has 1 aliphatic carbocycles. The van der Waals surface area contributed by atoms with Crippen molar-refractivity contribution in [3.05, 3.63) is 30.1 Å². The molecule has 1 aromatic heterocycles. The van der Waals surface area contributed by atoms with Crippen molar-refractivity contribution in [1.29, 1.82) is 0 Å². The number of aromatic nitrogens is 2. The monoisotopic (exact) mass is 492 g/mol. The molecule has 2 aliphatic rings. The molecule has 4 rings (SSSR count). The van der Waals surface area contributed by atoms with Crippen LogP contribution in [0.3, 0.4) is 0 Å². The summed E-state index contributed by atoms with van der Waals surface area (Å²) in [5.41, 5.74) is -0.438. The average molecular weight is 493 g/mol. The van der Waals surface area contributed by atoms with Gasteiger partial charge in [-0.1, -0.05) is 13.8 Å². The molecule has 11 heteroatoms. The Labute approximate surface area is 202 Å². The molecule has 2 aromatic rings. The van der Waals surface area contributed by atoms with Crippen molar-refractivity contribution in [2.45, 2.75) is 82.8 Å². The zero-order chi connectivity index (χ0) is 25.3. The molecule has 1 saturated carbocycles. The molecule has 2 heterocycles. The summed E-state index contributed by atoms with van der Waals surface area (Å²) in [6, 6.07) is 2.93. The van der Waals surface area contributed by atoms with Gasteiger partial charge in [-0.3, -0.25) is 9.59 Å². The summed E-state index contributed by atoms with van der Waals surface area (Å²) >= 11 is 0. The number of nitrogens with zero attached hydrogens (tertiary/aromatic N) is 3. The highest BCUT2D eigenvalue weighted by Gasteiger charge is 2.42. The van der Waals surface area contributed by atoms with Gasteiger partial charge in [0.15, 0.2) is 0 Å². The van der Waals surface area contributed by atoms with Crippen LogP contribution in [0.15, 0.2) is 24.5 Å². The lowest BCUT2D eigenvalue weighted by molar-refractivity contribution is -0.137. The van der Waals surface area contributed by atoms with Crippen molar-refractivity contribution in [2.24, 2.45) is 0 Å². The molecule has 0 radical (unpaired) electrons. The van der Waals surface area contributed by atoms with E-state index in [0.29, 0.717) is 24.5 Å². The first-order valence-corrected chi connectivity index (χ1v) is 11.9. The van der Waals surface area contributed by atoms with Crippen LogP contribution in [0.5, 0.6) is 0 Å². The molecule has 190 valence electrons. The minimum Gasteiger partial charge on any atom is -0.358 e. The highest BCUT2D eigenvalue weighted by atomic mass is 19.4. The molecule has 1 aliphatic heterocycles. The van der Waals surface area contributed by atoms with Gasteiger partial charge in [0, 0.05) is 30.9 Å². The van der Waals surface area contributed by atoms with Gasteiger partial charge in [-0.2, -0.15) is 13.2 Å². The van der Waals surface area contributed by atoms with Crippen LogP contribution in [0.2, 0.25) is 0 Å². The van der Waals surface area contributed by atoms with Crippen LogP contribution in [-0.2, 0) is 15.8 Å². The van der Waals surface area contributed by atoms with Crippen LogP contribution in [0.4, 0.5) is 19.0 Å². The van der Waals surface area contributed by atoms with Crippen LogP contribution < -0.4 is 16.0 Å². The number of alkyl halides is 3. The summed E-state index contributed by atoms with van der Waals surface area (Å²) in [4.78, 5) is 35.2. The van der Waals surface area contributed by atoms with Crippen LogP contribution in [-0.4, -0.2) is 63.4 Å². The average Bonchev–Trinajstić information content (AvgIpc) is 3.12. The van der Waals surface area contributed by atoms with E-state index in [4.69, 9.17) is 0 Å². The Kier molecular flexibility index (Phi) is 7.16. The number of carbonyl (C=O) groups excluding carboxylic acids is 2. The van der Waals surface area contributed by atoms with Gasteiger partial charge in [-0.15, -0.1) is 0 Å². The number of fused-ring (bicyclic) bond motifs is 1. The Morgan fingerprint density at radius 1 is 1.17 bits per heavy atom. The molecule has 2 amide bonds. The number of rotatable bonds is 6. The van der Waals surface area contributed by atoms with Crippen LogP contribution in [0.25, 0.3) is 10.9 Å². The summed E-state index contributed by atoms with van der Waals surface area (Å²) in [6.07, 6.45) is -0.383. The van der Waals surface area contributed by atoms with Gasteiger partial charge >= 0.3 is 6.18 Å². The van der Waals surface area contributed by atoms with Crippen molar-refractivity contribution in [3.8, 4) is 0 Å². The molecular formula is C24H31F3N6O2. The number of anilines is 1. The van der Waals surface area contributed by atoms with Gasteiger partial charge < -0.3 is 20.9 Å². The molecule has 0 bridgehead atoms. The second kappa shape index (κ2) is 9.96. The van der Waals surface area contributed by atoms with Gasteiger partial charge in [0.25, 0.3) is 0 Å². The number of hydrogen-bond donors (Lipinski definition) is 3. The minimum atomic E-state index is -4.50. The van der Waals surface area contributed by atoms with E-state index in [1.165, 1.54) is 19.3 Å². The fraction of sp³-hybridized carbons (Fsp3) is 0.583. The van der Waals surface area contributed by atoms with Crippen molar-refractivity contribution in [3.63, 3.8) is 0 Å². The fourth-order valence-corrected chi connectivity index (χ4v) is 5.24. The topological polar surface area (TPSA) is 99.2 Å². The number of halogens is 3. The zero-order valence-corrected chi connectivity index (χ0v) is 20.0. The number of nitrogens with one attached hydrogen (secondary N) is 3. The van der Waals surface area contributed by atoms with Crippen molar-refractivity contribution < 1.29 is 22.8 Å². The molecule has 0 spiro atoms. The van der Waals surface area contributed by atoms with Crippen molar-refractivity contribution in [1.82, 2.24) is 25.5 Å².